The van der Waals surface area contributed by atoms with Crippen LogP contribution >= 0.6 is 0 Å². The van der Waals surface area contributed by atoms with Gasteiger partial charge in [-0.1, -0.05) is 0 Å². The average Bonchev–Trinajstić information content (AvgIpc) is 3.17. The molecule has 2 aliphatic rings. The van der Waals surface area contributed by atoms with Crippen LogP contribution < -0.4 is 5.32 Å². The standard InChI is InChI=1S/C12H15N3O2/c16-15(17)10-5-6-11(13-7-10)14-12(8-1-2-8)9-3-4-9/h5-9,12H,1-4H2,(H,13,14). The minimum absolute atomic E-state index is 0.0462. The molecular weight excluding hydrogens is 218 g/mol. The monoisotopic (exact) mass is 233 g/mol. The van der Waals surface area contributed by atoms with E-state index in [9.17, 15) is 10.1 Å². The van der Waals surface area contributed by atoms with Crippen LogP contribution in [0.1, 0.15) is 25.7 Å². The molecule has 0 radical (unpaired) electrons. The van der Waals surface area contributed by atoms with Crippen molar-refractivity contribution >= 4 is 11.5 Å². The Bertz CT molecular complexity index is 412. The zero-order valence-electron chi connectivity index (χ0n) is 9.50. The number of nitrogens with zero attached hydrogens (tertiary/aromatic N) is 2. The Morgan fingerprint density at radius 3 is 2.35 bits per heavy atom. The van der Waals surface area contributed by atoms with E-state index < -0.39 is 4.92 Å². The van der Waals surface area contributed by atoms with Crippen molar-refractivity contribution in [2.45, 2.75) is 31.7 Å². The maximum atomic E-state index is 10.5. The average molecular weight is 233 g/mol. The van der Waals surface area contributed by atoms with Crippen LogP contribution in [0, 0.1) is 22.0 Å². The first kappa shape index (κ1) is 10.5. The third-order valence-corrected chi connectivity index (χ3v) is 3.53. The molecule has 0 amide bonds. The van der Waals surface area contributed by atoms with E-state index >= 15 is 0 Å². The summed E-state index contributed by atoms with van der Waals surface area (Å²) in [5.74, 6) is 2.35. The van der Waals surface area contributed by atoms with Crippen LogP contribution in [-0.4, -0.2) is 15.9 Å². The predicted molar refractivity (Wildman–Crippen MR) is 63.8 cm³/mol. The summed E-state index contributed by atoms with van der Waals surface area (Å²) in [4.78, 5) is 14.2. The van der Waals surface area contributed by atoms with Crippen molar-refractivity contribution in [1.82, 2.24) is 4.98 Å². The Morgan fingerprint density at radius 2 is 1.94 bits per heavy atom. The van der Waals surface area contributed by atoms with E-state index in [4.69, 9.17) is 0 Å². The van der Waals surface area contributed by atoms with Gasteiger partial charge in [-0.05, 0) is 43.6 Å². The summed E-state index contributed by atoms with van der Waals surface area (Å²) >= 11 is 0. The van der Waals surface area contributed by atoms with Gasteiger partial charge in [-0.2, -0.15) is 0 Å². The van der Waals surface area contributed by atoms with Crippen molar-refractivity contribution in [3.05, 3.63) is 28.4 Å². The molecule has 17 heavy (non-hydrogen) atoms. The normalized spacial score (nSPS) is 19.4. The molecule has 3 rings (SSSR count). The minimum Gasteiger partial charge on any atom is -0.367 e. The molecule has 0 atom stereocenters. The van der Waals surface area contributed by atoms with E-state index in [1.165, 1.54) is 37.9 Å². The topological polar surface area (TPSA) is 68.1 Å². The van der Waals surface area contributed by atoms with E-state index in [0.717, 1.165) is 17.7 Å². The number of anilines is 1. The fraction of sp³-hybridized carbons (Fsp3) is 0.583. The quantitative estimate of drug-likeness (QED) is 0.627. The molecule has 0 spiro atoms. The van der Waals surface area contributed by atoms with Crippen molar-refractivity contribution in [3.63, 3.8) is 0 Å². The van der Waals surface area contributed by atoms with Crippen LogP contribution in [0.5, 0.6) is 0 Å². The second-order valence-electron chi connectivity index (χ2n) is 5.00. The van der Waals surface area contributed by atoms with Gasteiger partial charge in [0.2, 0.25) is 0 Å². The molecule has 0 unspecified atom stereocenters. The smallest absolute Gasteiger partial charge is 0.287 e. The van der Waals surface area contributed by atoms with Gasteiger partial charge in [0.05, 0.1) is 4.92 Å². The molecule has 5 heteroatoms. The third-order valence-electron chi connectivity index (χ3n) is 3.53. The summed E-state index contributed by atoms with van der Waals surface area (Å²) < 4.78 is 0. The highest BCUT2D eigenvalue weighted by molar-refractivity contribution is 5.41. The van der Waals surface area contributed by atoms with Gasteiger partial charge >= 0.3 is 0 Å². The lowest BCUT2D eigenvalue weighted by molar-refractivity contribution is -0.385. The molecule has 0 bridgehead atoms. The first-order valence-electron chi connectivity index (χ1n) is 6.11. The number of hydrogen-bond acceptors (Lipinski definition) is 4. The second-order valence-corrected chi connectivity index (χ2v) is 5.00. The lowest BCUT2D eigenvalue weighted by Crippen LogP contribution is -2.24. The molecule has 0 saturated heterocycles. The number of nitro groups is 1. The van der Waals surface area contributed by atoms with Gasteiger partial charge in [0.25, 0.3) is 5.69 Å². The molecule has 90 valence electrons. The van der Waals surface area contributed by atoms with Gasteiger partial charge in [0.15, 0.2) is 0 Å². The first-order chi connectivity index (χ1) is 8.24. The van der Waals surface area contributed by atoms with Crippen LogP contribution in [0.3, 0.4) is 0 Å². The molecule has 0 aromatic carbocycles. The van der Waals surface area contributed by atoms with Crippen molar-refractivity contribution < 1.29 is 4.92 Å². The largest absolute Gasteiger partial charge is 0.367 e. The number of aromatic nitrogens is 1. The van der Waals surface area contributed by atoms with Crippen molar-refractivity contribution in [2.24, 2.45) is 11.8 Å². The Morgan fingerprint density at radius 1 is 1.29 bits per heavy atom. The van der Waals surface area contributed by atoms with Crippen LogP contribution in [0.2, 0.25) is 0 Å². The Labute approximate surface area is 99.4 Å². The lowest BCUT2D eigenvalue weighted by Gasteiger charge is -2.17. The number of pyridine rings is 1. The number of rotatable bonds is 5. The molecule has 1 N–H and O–H groups in total. The van der Waals surface area contributed by atoms with Gasteiger partial charge in [-0.25, -0.2) is 4.98 Å². The van der Waals surface area contributed by atoms with E-state index in [1.807, 2.05) is 0 Å². The van der Waals surface area contributed by atoms with E-state index in [-0.39, 0.29) is 5.69 Å². The highest BCUT2D eigenvalue weighted by Gasteiger charge is 2.41. The molecule has 1 aromatic rings. The molecule has 2 aliphatic carbocycles. The van der Waals surface area contributed by atoms with Crippen LogP contribution in [0.4, 0.5) is 11.5 Å². The van der Waals surface area contributed by atoms with Gasteiger partial charge < -0.3 is 5.32 Å². The zero-order chi connectivity index (χ0) is 11.8. The number of nitrogens with one attached hydrogen (secondary N) is 1. The predicted octanol–water partition coefficient (Wildman–Crippen LogP) is 2.59. The molecular formula is C12H15N3O2. The first-order valence-corrected chi connectivity index (χ1v) is 6.11. The van der Waals surface area contributed by atoms with E-state index in [0.29, 0.717) is 6.04 Å². The fourth-order valence-electron chi connectivity index (χ4n) is 2.28. The highest BCUT2D eigenvalue weighted by atomic mass is 16.6. The fourth-order valence-corrected chi connectivity index (χ4v) is 2.28. The molecule has 2 fully saturated rings. The van der Waals surface area contributed by atoms with Crippen molar-refractivity contribution in [3.8, 4) is 0 Å². The van der Waals surface area contributed by atoms with Crippen LogP contribution in [0.25, 0.3) is 0 Å². The summed E-state index contributed by atoms with van der Waals surface area (Å²) in [5, 5.41) is 14.0. The molecule has 1 aromatic heterocycles. The van der Waals surface area contributed by atoms with Gasteiger partial charge in [0.1, 0.15) is 12.0 Å². The van der Waals surface area contributed by atoms with Gasteiger partial charge in [-0.3, -0.25) is 10.1 Å². The van der Waals surface area contributed by atoms with Crippen molar-refractivity contribution in [1.29, 1.82) is 0 Å². The van der Waals surface area contributed by atoms with Crippen molar-refractivity contribution in [2.75, 3.05) is 5.32 Å². The maximum absolute atomic E-state index is 10.5. The molecule has 2 saturated carbocycles. The van der Waals surface area contributed by atoms with E-state index in [2.05, 4.69) is 10.3 Å². The summed E-state index contributed by atoms with van der Waals surface area (Å²) in [6.07, 6.45) is 6.55. The summed E-state index contributed by atoms with van der Waals surface area (Å²) in [6, 6.07) is 3.74. The second kappa shape index (κ2) is 3.98. The summed E-state index contributed by atoms with van der Waals surface area (Å²) in [7, 11) is 0. The van der Waals surface area contributed by atoms with Gasteiger partial charge in [-0.15, -0.1) is 0 Å². The molecule has 0 aliphatic heterocycles. The third kappa shape index (κ3) is 2.38. The Kier molecular flexibility index (Phi) is 2.46. The van der Waals surface area contributed by atoms with Crippen LogP contribution in [-0.2, 0) is 0 Å². The Balaban J connectivity index is 1.68. The minimum atomic E-state index is -0.421. The molecule has 5 nitrogen and oxygen atoms in total. The number of hydrogen-bond donors (Lipinski definition) is 1. The van der Waals surface area contributed by atoms with E-state index in [1.54, 1.807) is 6.07 Å². The van der Waals surface area contributed by atoms with Gasteiger partial charge in [0, 0.05) is 12.1 Å². The van der Waals surface area contributed by atoms with Crippen LogP contribution in [0.15, 0.2) is 18.3 Å². The molecule has 1 heterocycles. The maximum Gasteiger partial charge on any atom is 0.287 e. The Hall–Kier alpha value is -1.65. The summed E-state index contributed by atoms with van der Waals surface area (Å²) in [5.41, 5.74) is 0.0462. The summed E-state index contributed by atoms with van der Waals surface area (Å²) in [6.45, 7) is 0. The SMILES string of the molecule is O=[N+]([O-])c1ccc(NC(C2CC2)C2CC2)nc1. The lowest BCUT2D eigenvalue weighted by atomic mass is 10.1. The zero-order valence-corrected chi connectivity index (χ0v) is 9.50. The highest BCUT2D eigenvalue weighted by Crippen LogP contribution is 2.45.